The number of rotatable bonds is 7. The van der Waals surface area contributed by atoms with Gasteiger partial charge in [-0.25, -0.2) is 4.98 Å². The molecule has 2 N–H and O–H groups in total. The summed E-state index contributed by atoms with van der Waals surface area (Å²) in [6, 6.07) is 5.97. The fraction of sp³-hybridized carbons (Fsp3) is 0.583. The summed E-state index contributed by atoms with van der Waals surface area (Å²) in [5.41, 5.74) is 5.55. The van der Waals surface area contributed by atoms with Gasteiger partial charge in [0, 0.05) is 39.4 Å². The van der Waals surface area contributed by atoms with Gasteiger partial charge < -0.3 is 15.5 Å². The summed E-state index contributed by atoms with van der Waals surface area (Å²) in [6.45, 7) is 6.91. The van der Waals surface area contributed by atoms with E-state index >= 15 is 0 Å². The van der Waals surface area contributed by atoms with Gasteiger partial charge in [0.2, 0.25) is 0 Å². The van der Waals surface area contributed by atoms with E-state index in [9.17, 15) is 0 Å². The van der Waals surface area contributed by atoms with Crippen LogP contribution in [0.3, 0.4) is 0 Å². The van der Waals surface area contributed by atoms with Crippen molar-refractivity contribution in [2.24, 2.45) is 5.73 Å². The Bertz CT molecular complexity index is 276. The van der Waals surface area contributed by atoms with Gasteiger partial charge in [-0.3, -0.25) is 0 Å². The monoisotopic (exact) mass is 222 g/mol. The molecule has 0 aliphatic heterocycles. The summed E-state index contributed by atoms with van der Waals surface area (Å²) >= 11 is 0. The fourth-order valence-electron chi connectivity index (χ4n) is 1.60. The first-order chi connectivity index (χ1) is 7.77. The molecule has 0 radical (unpaired) electrons. The number of nitrogens with two attached hydrogens (primary N) is 1. The van der Waals surface area contributed by atoms with Gasteiger partial charge in [-0.05, 0) is 18.7 Å². The van der Waals surface area contributed by atoms with E-state index < -0.39 is 0 Å². The molecular weight excluding hydrogens is 200 g/mol. The minimum atomic E-state index is 0.723. The number of hydrogen-bond donors (Lipinski definition) is 1. The average Bonchev–Trinajstić information content (AvgIpc) is 2.35. The van der Waals surface area contributed by atoms with E-state index in [1.54, 1.807) is 0 Å². The molecule has 0 aliphatic rings. The van der Waals surface area contributed by atoms with E-state index in [4.69, 9.17) is 5.73 Å². The molecule has 0 aliphatic carbocycles. The third-order valence-corrected chi connectivity index (χ3v) is 2.68. The summed E-state index contributed by atoms with van der Waals surface area (Å²) in [5, 5.41) is 0. The van der Waals surface area contributed by atoms with Crippen molar-refractivity contribution >= 4 is 5.82 Å². The van der Waals surface area contributed by atoms with Crippen LogP contribution in [0.5, 0.6) is 0 Å². The summed E-state index contributed by atoms with van der Waals surface area (Å²) in [5.74, 6) is 1.02. The first-order valence-corrected chi connectivity index (χ1v) is 5.82. The highest BCUT2D eigenvalue weighted by Crippen LogP contribution is 2.05. The van der Waals surface area contributed by atoms with Gasteiger partial charge >= 0.3 is 0 Å². The second-order valence-corrected chi connectivity index (χ2v) is 3.83. The molecule has 0 saturated carbocycles. The Morgan fingerprint density at radius 1 is 1.25 bits per heavy atom. The predicted molar refractivity (Wildman–Crippen MR) is 68.7 cm³/mol. The molecule has 1 aromatic rings. The Morgan fingerprint density at radius 2 is 2.06 bits per heavy atom. The van der Waals surface area contributed by atoms with Gasteiger partial charge in [-0.2, -0.15) is 0 Å². The molecular formula is C12H22N4. The largest absolute Gasteiger partial charge is 0.358 e. The molecule has 0 aromatic carbocycles. The Morgan fingerprint density at radius 3 is 2.62 bits per heavy atom. The number of aromatic nitrogens is 1. The number of likely N-dealkylation sites (N-methyl/N-ethyl adjacent to an activating group) is 2. The molecule has 0 spiro atoms. The molecule has 4 heteroatoms. The Kier molecular flexibility index (Phi) is 5.82. The summed E-state index contributed by atoms with van der Waals surface area (Å²) < 4.78 is 0. The van der Waals surface area contributed by atoms with Crippen LogP contribution in [0.4, 0.5) is 5.82 Å². The number of nitrogens with zero attached hydrogens (tertiary/aromatic N) is 3. The maximum Gasteiger partial charge on any atom is 0.128 e. The highest BCUT2D eigenvalue weighted by atomic mass is 15.2. The zero-order valence-electron chi connectivity index (χ0n) is 10.3. The Balaban J connectivity index is 2.37. The maximum absolute atomic E-state index is 5.55. The number of hydrogen-bond acceptors (Lipinski definition) is 4. The van der Waals surface area contributed by atoms with Gasteiger partial charge in [0.1, 0.15) is 5.82 Å². The van der Waals surface area contributed by atoms with E-state index in [-0.39, 0.29) is 0 Å². The lowest BCUT2D eigenvalue weighted by atomic mass is 10.4. The lowest BCUT2D eigenvalue weighted by Gasteiger charge is -2.24. The molecule has 0 bridgehead atoms. The quantitative estimate of drug-likeness (QED) is 0.741. The highest BCUT2D eigenvalue weighted by Gasteiger charge is 2.04. The predicted octanol–water partition coefficient (Wildman–Crippen LogP) is 0.798. The van der Waals surface area contributed by atoms with Gasteiger partial charge in [-0.1, -0.05) is 13.0 Å². The molecule has 0 amide bonds. The summed E-state index contributed by atoms with van der Waals surface area (Å²) in [7, 11) is 2.07. The zero-order chi connectivity index (χ0) is 11.8. The van der Waals surface area contributed by atoms with E-state index in [0.29, 0.717) is 0 Å². The normalized spacial score (nSPS) is 10.8. The first-order valence-electron chi connectivity index (χ1n) is 5.82. The highest BCUT2D eigenvalue weighted by molar-refractivity contribution is 5.36. The molecule has 0 atom stereocenters. The van der Waals surface area contributed by atoms with E-state index in [1.807, 2.05) is 24.4 Å². The smallest absolute Gasteiger partial charge is 0.128 e. The molecule has 1 heterocycles. The van der Waals surface area contributed by atoms with Crippen molar-refractivity contribution in [1.29, 1.82) is 0 Å². The van der Waals surface area contributed by atoms with Crippen molar-refractivity contribution in [3.05, 3.63) is 24.4 Å². The van der Waals surface area contributed by atoms with Gasteiger partial charge in [0.25, 0.3) is 0 Å². The van der Waals surface area contributed by atoms with Crippen molar-refractivity contribution in [1.82, 2.24) is 9.88 Å². The third-order valence-electron chi connectivity index (χ3n) is 2.68. The Hall–Kier alpha value is -1.13. The van der Waals surface area contributed by atoms with Crippen molar-refractivity contribution in [3.8, 4) is 0 Å². The van der Waals surface area contributed by atoms with Crippen LogP contribution in [0.15, 0.2) is 24.4 Å². The lowest BCUT2D eigenvalue weighted by Crippen LogP contribution is -2.36. The summed E-state index contributed by atoms with van der Waals surface area (Å²) in [4.78, 5) is 8.82. The van der Waals surface area contributed by atoms with Crippen molar-refractivity contribution in [2.75, 3.05) is 44.7 Å². The topological polar surface area (TPSA) is 45.4 Å². The van der Waals surface area contributed by atoms with Crippen LogP contribution in [-0.4, -0.2) is 49.7 Å². The van der Waals surface area contributed by atoms with Gasteiger partial charge in [0.05, 0.1) is 0 Å². The average molecular weight is 222 g/mol. The van der Waals surface area contributed by atoms with Crippen LogP contribution < -0.4 is 10.6 Å². The van der Waals surface area contributed by atoms with E-state index in [0.717, 1.165) is 38.5 Å². The fourth-order valence-corrected chi connectivity index (χ4v) is 1.60. The molecule has 0 saturated heterocycles. The molecule has 1 aromatic heterocycles. The zero-order valence-corrected chi connectivity index (χ0v) is 10.3. The molecule has 0 unspecified atom stereocenters. The van der Waals surface area contributed by atoms with Crippen molar-refractivity contribution in [2.45, 2.75) is 6.92 Å². The van der Waals surface area contributed by atoms with Crippen molar-refractivity contribution < 1.29 is 0 Å². The first kappa shape index (κ1) is 12.9. The minimum absolute atomic E-state index is 0.723. The van der Waals surface area contributed by atoms with Crippen molar-refractivity contribution in [3.63, 3.8) is 0 Å². The van der Waals surface area contributed by atoms with Gasteiger partial charge in [-0.15, -0.1) is 0 Å². The van der Waals surface area contributed by atoms with E-state index in [2.05, 4.69) is 28.8 Å². The summed E-state index contributed by atoms with van der Waals surface area (Å²) in [6.07, 6.45) is 1.82. The van der Waals surface area contributed by atoms with Crippen LogP contribution in [0.1, 0.15) is 6.92 Å². The SMILES string of the molecule is CCN(CCN)CCN(C)c1ccccn1. The number of anilines is 1. The molecule has 0 fully saturated rings. The standard InChI is InChI=1S/C12H22N4/c1-3-16(9-7-13)11-10-15(2)12-6-4-5-8-14-12/h4-6,8H,3,7,9-11,13H2,1-2H3. The Labute approximate surface area is 98.1 Å². The van der Waals surface area contributed by atoms with Crippen LogP contribution in [0, 0.1) is 0 Å². The van der Waals surface area contributed by atoms with Gasteiger partial charge in [0.15, 0.2) is 0 Å². The lowest BCUT2D eigenvalue weighted by molar-refractivity contribution is 0.303. The molecule has 90 valence electrons. The second kappa shape index (κ2) is 7.19. The maximum atomic E-state index is 5.55. The van der Waals surface area contributed by atoms with Crippen LogP contribution in [0.25, 0.3) is 0 Å². The minimum Gasteiger partial charge on any atom is -0.358 e. The number of pyridine rings is 1. The third kappa shape index (κ3) is 4.16. The van der Waals surface area contributed by atoms with Crippen LogP contribution >= 0.6 is 0 Å². The van der Waals surface area contributed by atoms with Crippen LogP contribution in [-0.2, 0) is 0 Å². The van der Waals surface area contributed by atoms with Crippen LogP contribution in [0.2, 0.25) is 0 Å². The molecule has 4 nitrogen and oxygen atoms in total. The molecule has 16 heavy (non-hydrogen) atoms. The second-order valence-electron chi connectivity index (χ2n) is 3.83. The van der Waals surface area contributed by atoms with E-state index in [1.165, 1.54) is 0 Å². The molecule has 1 rings (SSSR count).